The molecule has 0 bridgehead atoms. The van der Waals surface area contributed by atoms with Crippen LogP contribution < -0.4 is 0 Å². The van der Waals surface area contributed by atoms with Gasteiger partial charge in [0.1, 0.15) is 5.78 Å². The minimum absolute atomic E-state index is 0.0882. The first kappa shape index (κ1) is 40.7. The number of halogens is 17. The van der Waals surface area contributed by atoms with Gasteiger partial charge in [0.05, 0.1) is 5.75 Å². The summed E-state index contributed by atoms with van der Waals surface area (Å²) in [6, 6.07) is 0. The van der Waals surface area contributed by atoms with Crippen LogP contribution in [0, 0.1) is 0 Å². The van der Waals surface area contributed by atoms with Crippen LogP contribution in [0.15, 0.2) is 0 Å². The number of hydrogen-bond donors (Lipinski definition) is 0. The predicted molar refractivity (Wildman–Crippen MR) is 113 cm³/mol. The van der Waals surface area contributed by atoms with Crippen LogP contribution >= 0.6 is 10.3 Å². The molecule has 0 spiro atoms. The maximum atomic E-state index is 14.5. The molecule has 0 N–H and O–H groups in total. The Morgan fingerprint density at radius 3 is 1.17 bits per heavy atom. The Hall–Kier alpha value is -1.26. The van der Waals surface area contributed by atoms with Crippen molar-refractivity contribution in [1.29, 1.82) is 0 Å². The molecule has 0 aromatic heterocycles. The highest BCUT2D eigenvalue weighted by atomic mass is 32.3. The molecule has 0 atom stereocenters. The maximum absolute atomic E-state index is 14.5. The Morgan fingerprint density at radius 2 is 0.881 bits per heavy atom. The molecule has 0 aliphatic heterocycles. The molecule has 254 valence electrons. The number of carbonyl (C=O) groups is 1. The van der Waals surface area contributed by atoms with Gasteiger partial charge in [0.2, 0.25) is 0 Å². The van der Waals surface area contributed by atoms with Crippen molar-refractivity contribution in [1.82, 2.24) is 0 Å². The van der Waals surface area contributed by atoms with Gasteiger partial charge in [-0.05, 0) is 19.8 Å². The van der Waals surface area contributed by atoms with Crippen molar-refractivity contribution in [3.63, 3.8) is 0 Å². The summed E-state index contributed by atoms with van der Waals surface area (Å²) in [6.07, 6.45) is -8.11. The van der Waals surface area contributed by atoms with Crippen LogP contribution in [0.25, 0.3) is 0 Å². The Morgan fingerprint density at radius 1 is 0.571 bits per heavy atom. The van der Waals surface area contributed by atoms with Crippen LogP contribution in [0.2, 0.25) is 0 Å². The highest BCUT2D eigenvalue weighted by molar-refractivity contribution is 8.33. The number of carbonyl (C=O) groups excluding carboxylic acids is 1. The molecule has 0 aliphatic carbocycles. The van der Waals surface area contributed by atoms with Crippen molar-refractivity contribution in [2.45, 2.75) is 93.4 Å². The van der Waals surface area contributed by atoms with E-state index < -0.39 is 90.4 Å². The topological polar surface area (TPSA) is 60.4 Å². The van der Waals surface area contributed by atoms with Crippen molar-refractivity contribution in [3.05, 3.63) is 0 Å². The summed E-state index contributed by atoms with van der Waals surface area (Å²) >= 11 is 0. The van der Waals surface area contributed by atoms with E-state index in [1.807, 2.05) is 0 Å². The average Bonchev–Trinajstić information content (AvgIpc) is 2.79. The number of rotatable bonds is 17. The third-order valence-electron chi connectivity index (χ3n) is 5.45. The SMILES string of the molecule is CCCCS(CCCC)(CC(C)=O)OS(=O)(=O)C(F)(F)C(F)(F)C(F)(F)C(F)(F)C(F)(F)C(F)(F)C(F)(F)C(F)(F)F. The molecule has 42 heavy (non-hydrogen) atoms. The zero-order chi connectivity index (χ0) is 34.2. The molecular formula is C19H23F17O4S2. The van der Waals surface area contributed by atoms with Crippen molar-refractivity contribution in [3.8, 4) is 0 Å². The summed E-state index contributed by atoms with van der Waals surface area (Å²) in [4.78, 5) is 11.7. The largest absolute Gasteiger partial charge is 0.460 e. The number of Topliss-reactive ketones (excluding diaryl/α,β-unsaturated/α-hetero) is 1. The summed E-state index contributed by atoms with van der Waals surface area (Å²) in [5, 5.41) is -7.77. The van der Waals surface area contributed by atoms with E-state index in [4.69, 9.17) is 0 Å². The standard InChI is InChI=1S/C19H23F17O4S2/c1-4-6-8-41(9-7-5-2,10-11(3)37)40-42(38,39)19(35,36)17(30,31)15(26,27)13(22,23)12(20,21)14(24,25)16(28,29)18(32,33)34/h4-10H2,1-3H3. The Kier molecular flexibility index (Phi) is 11.9. The number of alkyl halides is 17. The van der Waals surface area contributed by atoms with Gasteiger partial charge in [-0.25, -0.2) is 3.63 Å². The normalized spacial score (nSPS) is 16.1. The average molecular weight is 702 g/mol. The molecule has 23 heteroatoms. The second-order valence-electron chi connectivity index (χ2n) is 8.91. The molecule has 0 aromatic rings. The molecule has 0 saturated heterocycles. The van der Waals surface area contributed by atoms with E-state index in [9.17, 15) is 87.8 Å². The molecule has 0 saturated carbocycles. The van der Waals surface area contributed by atoms with Gasteiger partial charge in [-0.3, -0.25) is 4.79 Å². The first-order valence-electron chi connectivity index (χ1n) is 11.2. The van der Waals surface area contributed by atoms with Gasteiger partial charge in [-0.1, -0.05) is 26.7 Å². The summed E-state index contributed by atoms with van der Waals surface area (Å²) in [7, 11) is -11.6. The van der Waals surface area contributed by atoms with Crippen molar-refractivity contribution in [2.24, 2.45) is 0 Å². The van der Waals surface area contributed by atoms with Crippen LogP contribution in [-0.2, 0) is 18.5 Å². The summed E-state index contributed by atoms with van der Waals surface area (Å²) in [5.74, 6) is -55.6. The van der Waals surface area contributed by atoms with Crippen molar-refractivity contribution < 1.29 is 91.5 Å². The zero-order valence-electron chi connectivity index (χ0n) is 21.3. The van der Waals surface area contributed by atoms with Crippen LogP contribution in [-0.4, -0.2) is 78.4 Å². The monoisotopic (exact) mass is 702 g/mol. The fourth-order valence-corrected chi connectivity index (χ4v) is 8.97. The number of ketones is 1. The third kappa shape index (κ3) is 6.56. The molecule has 0 heterocycles. The van der Waals surface area contributed by atoms with Gasteiger partial charge < -0.3 is 0 Å². The van der Waals surface area contributed by atoms with Crippen molar-refractivity contribution >= 4 is 26.2 Å². The van der Waals surface area contributed by atoms with Gasteiger partial charge in [0.15, 0.2) is 0 Å². The van der Waals surface area contributed by atoms with Crippen LogP contribution in [0.1, 0.15) is 46.5 Å². The maximum Gasteiger partial charge on any atom is 0.460 e. The highest BCUT2D eigenvalue weighted by Crippen LogP contribution is 2.65. The minimum Gasteiger partial charge on any atom is -0.299 e. The first-order valence-corrected chi connectivity index (χ1v) is 14.6. The van der Waals surface area contributed by atoms with Crippen molar-refractivity contribution in [2.75, 3.05) is 17.3 Å². The lowest BCUT2D eigenvalue weighted by atomic mass is 9.91. The van der Waals surface area contributed by atoms with Gasteiger partial charge >= 0.3 is 57.1 Å². The predicted octanol–water partition coefficient (Wildman–Crippen LogP) is 8.21. The highest BCUT2D eigenvalue weighted by Gasteiger charge is 2.96. The van der Waals surface area contributed by atoms with Gasteiger partial charge in [-0.15, -0.1) is 10.3 Å². The molecule has 0 amide bonds. The van der Waals surface area contributed by atoms with Crippen LogP contribution in [0.5, 0.6) is 0 Å². The van der Waals surface area contributed by atoms with E-state index >= 15 is 0 Å². The Bertz CT molecular complexity index is 1050. The minimum atomic E-state index is -8.92. The molecular weight excluding hydrogens is 679 g/mol. The Labute approximate surface area is 228 Å². The lowest BCUT2D eigenvalue weighted by Crippen LogP contribution is -2.75. The molecule has 4 nitrogen and oxygen atoms in total. The Balaban J connectivity index is 7.15. The second-order valence-corrected chi connectivity index (χ2v) is 13.9. The van der Waals surface area contributed by atoms with Gasteiger partial charge in [0.25, 0.3) is 0 Å². The number of unbranched alkanes of at least 4 members (excludes halogenated alkanes) is 2. The van der Waals surface area contributed by atoms with E-state index in [1.54, 1.807) is 0 Å². The molecule has 0 rings (SSSR count). The first-order chi connectivity index (χ1) is 18.2. The van der Waals surface area contributed by atoms with E-state index in [1.165, 1.54) is 13.8 Å². The van der Waals surface area contributed by atoms with Gasteiger partial charge in [-0.2, -0.15) is 83.1 Å². The van der Waals surface area contributed by atoms with Gasteiger partial charge in [0, 0.05) is 11.5 Å². The fraction of sp³-hybridized carbons (Fsp3) is 0.947. The smallest absolute Gasteiger partial charge is 0.299 e. The molecule has 0 unspecified atom stereocenters. The lowest BCUT2D eigenvalue weighted by Gasteiger charge is -2.43. The zero-order valence-corrected chi connectivity index (χ0v) is 23.0. The number of hydrogen-bond acceptors (Lipinski definition) is 4. The summed E-state index contributed by atoms with van der Waals surface area (Å²) in [5.41, 5.74) is 0. The quantitative estimate of drug-likeness (QED) is 0.144. The molecule has 0 radical (unpaired) electrons. The summed E-state index contributed by atoms with van der Waals surface area (Å²) < 4.78 is 258. The fourth-order valence-electron chi connectivity index (χ4n) is 3.06. The third-order valence-corrected chi connectivity index (χ3v) is 11.2. The van der Waals surface area contributed by atoms with E-state index in [0.717, 1.165) is 6.92 Å². The van der Waals surface area contributed by atoms with E-state index in [0.29, 0.717) is 0 Å². The summed E-state index contributed by atoms with van der Waals surface area (Å²) in [6.45, 7) is 3.52. The second kappa shape index (κ2) is 12.3. The van der Waals surface area contributed by atoms with E-state index in [2.05, 4.69) is 3.63 Å². The van der Waals surface area contributed by atoms with E-state index in [-0.39, 0.29) is 25.7 Å². The molecule has 0 aromatic carbocycles. The van der Waals surface area contributed by atoms with Crippen LogP contribution in [0.4, 0.5) is 74.6 Å². The molecule has 0 fully saturated rings. The molecule has 0 aliphatic rings. The van der Waals surface area contributed by atoms with Crippen LogP contribution in [0.3, 0.4) is 0 Å². The lowest BCUT2D eigenvalue weighted by molar-refractivity contribution is -0.458.